The average molecular weight is 360 g/mol. The van der Waals surface area contributed by atoms with Crippen LogP contribution in [0, 0.1) is 5.92 Å². The third-order valence-corrected chi connectivity index (χ3v) is 4.16. The lowest BCUT2D eigenvalue weighted by atomic mass is 9.91. The van der Waals surface area contributed by atoms with Crippen LogP contribution in [-0.2, 0) is 9.53 Å². The minimum absolute atomic E-state index is 0.0143. The Kier molecular flexibility index (Phi) is 7.06. The van der Waals surface area contributed by atoms with E-state index in [0.29, 0.717) is 17.9 Å². The summed E-state index contributed by atoms with van der Waals surface area (Å²) in [6.07, 6.45) is 2.07. The SMILES string of the molecule is CCCCOc1ccc(C2NC(=O)NC(C(C)C)=C2C(=O)OCC)cc1. The summed E-state index contributed by atoms with van der Waals surface area (Å²) >= 11 is 0. The number of unbranched alkanes of at least 4 members (excludes halogenated alkanes) is 1. The molecule has 1 unspecified atom stereocenters. The Morgan fingerprint density at radius 1 is 1.19 bits per heavy atom. The van der Waals surface area contributed by atoms with E-state index in [2.05, 4.69) is 17.6 Å². The molecule has 1 aliphatic rings. The molecule has 6 nitrogen and oxygen atoms in total. The van der Waals surface area contributed by atoms with Gasteiger partial charge >= 0.3 is 12.0 Å². The van der Waals surface area contributed by atoms with Crippen LogP contribution in [0.3, 0.4) is 0 Å². The molecule has 0 saturated carbocycles. The molecule has 1 heterocycles. The summed E-state index contributed by atoms with van der Waals surface area (Å²) in [4.78, 5) is 24.6. The Balaban J connectivity index is 2.33. The highest BCUT2D eigenvalue weighted by Gasteiger charge is 2.34. The molecule has 0 radical (unpaired) electrons. The van der Waals surface area contributed by atoms with E-state index < -0.39 is 12.0 Å². The van der Waals surface area contributed by atoms with Crippen LogP contribution < -0.4 is 15.4 Å². The van der Waals surface area contributed by atoms with E-state index in [9.17, 15) is 9.59 Å². The summed E-state index contributed by atoms with van der Waals surface area (Å²) in [6, 6.07) is 6.58. The highest BCUT2D eigenvalue weighted by Crippen LogP contribution is 2.31. The highest BCUT2D eigenvalue weighted by molar-refractivity contribution is 5.95. The van der Waals surface area contributed by atoms with Crippen LogP contribution in [0.25, 0.3) is 0 Å². The summed E-state index contributed by atoms with van der Waals surface area (Å²) in [6.45, 7) is 8.69. The third kappa shape index (κ3) is 4.77. The molecule has 0 fully saturated rings. The predicted molar refractivity (Wildman–Crippen MR) is 99.8 cm³/mol. The van der Waals surface area contributed by atoms with Crippen LogP contribution in [0.2, 0.25) is 0 Å². The zero-order valence-electron chi connectivity index (χ0n) is 15.9. The fraction of sp³-hybridized carbons (Fsp3) is 0.500. The molecular weight excluding hydrogens is 332 g/mol. The molecule has 2 N–H and O–H groups in total. The van der Waals surface area contributed by atoms with Gasteiger partial charge in [-0.15, -0.1) is 0 Å². The van der Waals surface area contributed by atoms with Gasteiger partial charge in [0.15, 0.2) is 0 Å². The zero-order chi connectivity index (χ0) is 19.1. The molecule has 1 aromatic carbocycles. The van der Waals surface area contributed by atoms with Gasteiger partial charge < -0.3 is 20.1 Å². The Labute approximate surface area is 154 Å². The van der Waals surface area contributed by atoms with E-state index in [-0.39, 0.29) is 18.6 Å². The van der Waals surface area contributed by atoms with Crippen molar-refractivity contribution in [3.05, 3.63) is 41.1 Å². The van der Waals surface area contributed by atoms with Gasteiger partial charge in [0.1, 0.15) is 5.75 Å². The number of esters is 1. The van der Waals surface area contributed by atoms with Gasteiger partial charge in [-0.2, -0.15) is 0 Å². The molecular formula is C20H28N2O4. The minimum Gasteiger partial charge on any atom is -0.494 e. The quantitative estimate of drug-likeness (QED) is 0.547. The van der Waals surface area contributed by atoms with E-state index in [4.69, 9.17) is 9.47 Å². The highest BCUT2D eigenvalue weighted by atomic mass is 16.5. The number of ether oxygens (including phenoxy) is 2. The summed E-state index contributed by atoms with van der Waals surface area (Å²) in [5.41, 5.74) is 1.85. The second-order valence-corrected chi connectivity index (χ2v) is 6.51. The lowest BCUT2D eigenvalue weighted by molar-refractivity contribution is -0.139. The maximum atomic E-state index is 12.5. The smallest absolute Gasteiger partial charge is 0.338 e. The molecule has 2 amide bonds. The molecule has 1 aliphatic heterocycles. The fourth-order valence-corrected chi connectivity index (χ4v) is 2.82. The van der Waals surface area contributed by atoms with E-state index >= 15 is 0 Å². The number of hydrogen-bond acceptors (Lipinski definition) is 4. The Bertz CT molecular complexity index is 665. The fourth-order valence-electron chi connectivity index (χ4n) is 2.82. The number of urea groups is 1. The van der Waals surface area contributed by atoms with Crippen LogP contribution >= 0.6 is 0 Å². The van der Waals surface area contributed by atoms with Gasteiger partial charge in [0, 0.05) is 5.70 Å². The second-order valence-electron chi connectivity index (χ2n) is 6.51. The number of carbonyl (C=O) groups is 2. The van der Waals surface area contributed by atoms with Crippen molar-refractivity contribution in [2.75, 3.05) is 13.2 Å². The molecule has 0 aromatic heterocycles. The number of amides is 2. The number of hydrogen-bond donors (Lipinski definition) is 2. The van der Waals surface area contributed by atoms with Gasteiger partial charge in [-0.25, -0.2) is 9.59 Å². The van der Waals surface area contributed by atoms with Crippen molar-refractivity contribution in [1.82, 2.24) is 10.6 Å². The predicted octanol–water partition coefficient (Wildman–Crippen LogP) is 3.69. The Hall–Kier alpha value is -2.50. The molecule has 6 heteroatoms. The number of benzene rings is 1. The van der Waals surface area contributed by atoms with E-state index in [1.165, 1.54) is 0 Å². The topological polar surface area (TPSA) is 76.7 Å². The minimum atomic E-state index is -0.551. The molecule has 0 saturated heterocycles. The van der Waals surface area contributed by atoms with Crippen molar-refractivity contribution in [2.45, 2.75) is 46.6 Å². The molecule has 26 heavy (non-hydrogen) atoms. The third-order valence-electron chi connectivity index (χ3n) is 4.16. The van der Waals surface area contributed by atoms with Gasteiger partial charge in [0.25, 0.3) is 0 Å². The second kappa shape index (κ2) is 9.27. The number of nitrogens with one attached hydrogen (secondary N) is 2. The molecule has 0 spiro atoms. The van der Waals surface area contributed by atoms with E-state index in [0.717, 1.165) is 24.2 Å². The van der Waals surface area contributed by atoms with Crippen LogP contribution in [0.4, 0.5) is 4.79 Å². The maximum absolute atomic E-state index is 12.5. The first-order valence-corrected chi connectivity index (χ1v) is 9.19. The van der Waals surface area contributed by atoms with Crippen molar-refractivity contribution in [3.8, 4) is 5.75 Å². The summed E-state index contributed by atoms with van der Waals surface area (Å²) in [5, 5.41) is 5.58. The van der Waals surface area contributed by atoms with Crippen molar-refractivity contribution in [2.24, 2.45) is 5.92 Å². The number of allylic oxidation sites excluding steroid dienone is 1. The Morgan fingerprint density at radius 3 is 2.46 bits per heavy atom. The van der Waals surface area contributed by atoms with Crippen LogP contribution in [0.1, 0.15) is 52.1 Å². The van der Waals surface area contributed by atoms with Gasteiger partial charge in [-0.3, -0.25) is 0 Å². The first-order valence-electron chi connectivity index (χ1n) is 9.19. The van der Waals surface area contributed by atoms with Gasteiger partial charge in [-0.05, 0) is 37.0 Å². The lowest BCUT2D eigenvalue weighted by Gasteiger charge is -2.31. The monoisotopic (exact) mass is 360 g/mol. The Morgan fingerprint density at radius 2 is 1.88 bits per heavy atom. The van der Waals surface area contributed by atoms with Crippen molar-refractivity contribution < 1.29 is 19.1 Å². The summed E-state index contributed by atoms with van der Waals surface area (Å²) < 4.78 is 10.9. The molecule has 1 atom stereocenters. The summed E-state index contributed by atoms with van der Waals surface area (Å²) in [5.74, 6) is 0.338. The summed E-state index contributed by atoms with van der Waals surface area (Å²) in [7, 11) is 0. The lowest BCUT2D eigenvalue weighted by Crippen LogP contribution is -2.47. The molecule has 0 aliphatic carbocycles. The maximum Gasteiger partial charge on any atom is 0.338 e. The van der Waals surface area contributed by atoms with Crippen molar-refractivity contribution in [1.29, 1.82) is 0 Å². The molecule has 2 rings (SSSR count). The number of rotatable bonds is 8. The zero-order valence-corrected chi connectivity index (χ0v) is 15.9. The average Bonchev–Trinajstić information content (AvgIpc) is 2.62. The molecule has 0 bridgehead atoms. The molecule has 142 valence electrons. The standard InChI is InChI=1S/C20H28N2O4/c1-5-7-12-26-15-10-8-14(9-11-15)18-16(19(23)25-6-2)17(13(3)4)21-20(24)22-18/h8-11,13,18H,5-7,12H2,1-4H3,(H2,21,22,24). The van der Waals surface area contributed by atoms with Crippen LogP contribution in [0.15, 0.2) is 35.5 Å². The van der Waals surface area contributed by atoms with Crippen molar-refractivity contribution >= 4 is 12.0 Å². The largest absolute Gasteiger partial charge is 0.494 e. The van der Waals surface area contributed by atoms with Gasteiger partial charge in [-0.1, -0.05) is 39.3 Å². The number of carbonyl (C=O) groups excluding carboxylic acids is 2. The van der Waals surface area contributed by atoms with Crippen molar-refractivity contribution in [3.63, 3.8) is 0 Å². The van der Waals surface area contributed by atoms with E-state index in [1.807, 2.05) is 38.1 Å². The normalized spacial score (nSPS) is 17.0. The van der Waals surface area contributed by atoms with Crippen LogP contribution in [0.5, 0.6) is 5.75 Å². The first-order chi connectivity index (χ1) is 12.5. The first kappa shape index (κ1) is 19.8. The van der Waals surface area contributed by atoms with E-state index in [1.54, 1.807) is 6.92 Å². The van der Waals surface area contributed by atoms with Gasteiger partial charge in [0.2, 0.25) is 0 Å². The molecule has 1 aromatic rings. The van der Waals surface area contributed by atoms with Gasteiger partial charge in [0.05, 0.1) is 24.8 Å². The van der Waals surface area contributed by atoms with Crippen LogP contribution in [-0.4, -0.2) is 25.2 Å².